The first kappa shape index (κ1) is 25.1. The van der Waals surface area contributed by atoms with Crippen molar-refractivity contribution in [1.82, 2.24) is 5.01 Å². The predicted molar refractivity (Wildman–Crippen MR) is 142 cm³/mol. The van der Waals surface area contributed by atoms with Crippen molar-refractivity contribution >= 4 is 51.7 Å². The Labute approximate surface area is 221 Å². The van der Waals surface area contributed by atoms with Crippen molar-refractivity contribution in [3.05, 3.63) is 100 Å². The van der Waals surface area contributed by atoms with Crippen LogP contribution in [0.2, 0.25) is 5.02 Å². The predicted octanol–water partition coefficient (Wildman–Crippen LogP) is 6.10. The molecule has 2 atom stereocenters. The zero-order valence-electron chi connectivity index (χ0n) is 19.6. The minimum Gasteiger partial charge on any atom is -0.326 e. The molecule has 2 amide bonds. The van der Waals surface area contributed by atoms with Gasteiger partial charge in [0.2, 0.25) is 5.91 Å². The molecule has 3 aromatic carbocycles. The molecule has 0 saturated carbocycles. The number of benzene rings is 3. The monoisotopic (exact) mass is 538 g/mol. The topological polar surface area (TPSA) is 74.1 Å². The average Bonchev–Trinajstić information content (AvgIpc) is 3.46. The lowest BCUT2D eigenvalue weighted by Crippen LogP contribution is -2.25. The molecule has 2 aliphatic rings. The van der Waals surface area contributed by atoms with Crippen molar-refractivity contribution in [3.63, 3.8) is 0 Å². The fourth-order valence-electron chi connectivity index (χ4n) is 4.10. The van der Waals surface area contributed by atoms with Crippen LogP contribution in [0.5, 0.6) is 0 Å². The van der Waals surface area contributed by atoms with E-state index in [9.17, 15) is 18.4 Å². The number of hydrazone groups is 1. The van der Waals surface area contributed by atoms with Crippen LogP contribution in [-0.2, 0) is 9.59 Å². The molecular formula is C27H21ClF2N4O2S. The summed E-state index contributed by atoms with van der Waals surface area (Å²) in [6.07, 6.45) is 0.371. The van der Waals surface area contributed by atoms with Gasteiger partial charge in [-0.05, 0) is 60.0 Å². The number of aliphatic imine (C=N–C) groups is 1. The smallest absolute Gasteiger partial charge is 0.262 e. The molecule has 10 heteroatoms. The number of carbonyl (C=O) groups excluding carboxylic acids is 2. The van der Waals surface area contributed by atoms with Gasteiger partial charge in [0.05, 0.1) is 11.8 Å². The molecule has 0 spiro atoms. The van der Waals surface area contributed by atoms with Gasteiger partial charge in [-0.2, -0.15) is 10.1 Å². The fourth-order valence-corrected chi connectivity index (χ4v) is 5.35. The van der Waals surface area contributed by atoms with Crippen molar-refractivity contribution in [2.75, 3.05) is 5.32 Å². The van der Waals surface area contributed by atoms with Crippen LogP contribution in [-0.4, -0.2) is 33.0 Å². The quantitative estimate of drug-likeness (QED) is 0.426. The van der Waals surface area contributed by atoms with Crippen molar-refractivity contribution in [1.29, 1.82) is 0 Å². The first-order valence-electron chi connectivity index (χ1n) is 11.5. The summed E-state index contributed by atoms with van der Waals surface area (Å²) in [5.74, 6) is -1.49. The minimum absolute atomic E-state index is 0.0778. The van der Waals surface area contributed by atoms with E-state index in [1.165, 1.54) is 24.3 Å². The van der Waals surface area contributed by atoms with Gasteiger partial charge < -0.3 is 5.32 Å². The second kappa shape index (κ2) is 10.4. The van der Waals surface area contributed by atoms with E-state index in [0.29, 0.717) is 28.0 Å². The zero-order chi connectivity index (χ0) is 26.1. The molecule has 37 heavy (non-hydrogen) atoms. The molecule has 0 saturated heterocycles. The Hall–Kier alpha value is -3.56. The minimum atomic E-state index is -0.713. The summed E-state index contributed by atoms with van der Waals surface area (Å²) in [5, 5.41) is 9.27. The average molecular weight is 539 g/mol. The number of thioether (sulfide) groups is 1. The molecule has 2 aliphatic heterocycles. The van der Waals surface area contributed by atoms with Gasteiger partial charge in [-0.3, -0.25) is 9.59 Å². The van der Waals surface area contributed by atoms with Gasteiger partial charge >= 0.3 is 0 Å². The van der Waals surface area contributed by atoms with Gasteiger partial charge in [-0.25, -0.2) is 13.8 Å². The highest BCUT2D eigenvalue weighted by Crippen LogP contribution is 2.38. The number of hydrogen-bond donors (Lipinski definition) is 1. The highest BCUT2D eigenvalue weighted by molar-refractivity contribution is 8.15. The summed E-state index contributed by atoms with van der Waals surface area (Å²) in [6.45, 7) is 1.86. The highest BCUT2D eigenvalue weighted by Gasteiger charge is 2.39. The van der Waals surface area contributed by atoms with Crippen molar-refractivity contribution in [3.8, 4) is 0 Å². The van der Waals surface area contributed by atoms with Crippen LogP contribution in [0.25, 0.3) is 0 Å². The van der Waals surface area contributed by atoms with E-state index in [0.717, 1.165) is 28.5 Å². The Morgan fingerprint density at radius 2 is 1.76 bits per heavy atom. The molecule has 0 aliphatic carbocycles. The first-order valence-corrected chi connectivity index (χ1v) is 12.8. The van der Waals surface area contributed by atoms with Crippen molar-refractivity contribution in [2.45, 2.75) is 31.1 Å². The molecule has 1 N–H and O–H groups in total. The number of halogens is 3. The van der Waals surface area contributed by atoms with Gasteiger partial charge in [0.25, 0.3) is 5.91 Å². The molecule has 3 aromatic rings. The van der Waals surface area contributed by atoms with Crippen molar-refractivity contribution in [2.24, 2.45) is 10.1 Å². The Bertz CT molecular complexity index is 1430. The number of hydrogen-bond acceptors (Lipinski definition) is 5. The van der Waals surface area contributed by atoms with E-state index in [-0.39, 0.29) is 30.0 Å². The highest BCUT2D eigenvalue weighted by atomic mass is 35.5. The SMILES string of the molecule is Cc1ccc(NC(=O)CC2SC(N3N=C(c4ccc(F)cc4)CC3c3ccc(F)cc3)=NC2=O)cc1Cl. The lowest BCUT2D eigenvalue weighted by atomic mass is 9.98. The van der Waals surface area contributed by atoms with Crippen LogP contribution in [0.15, 0.2) is 76.8 Å². The Balaban J connectivity index is 1.34. The second-order valence-electron chi connectivity index (χ2n) is 8.73. The number of carbonyl (C=O) groups is 2. The van der Waals surface area contributed by atoms with Crippen LogP contribution < -0.4 is 5.32 Å². The molecule has 0 bridgehead atoms. The third-order valence-electron chi connectivity index (χ3n) is 6.09. The van der Waals surface area contributed by atoms with Crippen molar-refractivity contribution < 1.29 is 18.4 Å². The van der Waals surface area contributed by atoms with Gasteiger partial charge in [0.1, 0.15) is 16.9 Å². The number of amides is 2. The summed E-state index contributed by atoms with van der Waals surface area (Å²) in [5.41, 5.74) is 3.64. The van der Waals surface area contributed by atoms with Crippen LogP contribution in [0.1, 0.15) is 35.6 Å². The van der Waals surface area contributed by atoms with Gasteiger partial charge in [-0.15, -0.1) is 0 Å². The number of anilines is 1. The Morgan fingerprint density at radius 1 is 1.08 bits per heavy atom. The molecular weight excluding hydrogens is 518 g/mol. The zero-order valence-corrected chi connectivity index (χ0v) is 21.2. The molecule has 6 nitrogen and oxygen atoms in total. The summed E-state index contributed by atoms with van der Waals surface area (Å²) in [4.78, 5) is 29.6. The van der Waals surface area contributed by atoms with Gasteiger partial charge in [0, 0.05) is 23.6 Å². The summed E-state index contributed by atoms with van der Waals surface area (Å²) < 4.78 is 27.0. The van der Waals surface area contributed by atoms with Crippen LogP contribution in [0.4, 0.5) is 14.5 Å². The summed E-state index contributed by atoms with van der Waals surface area (Å²) >= 11 is 7.29. The van der Waals surface area contributed by atoms with E-state index < -0.39 is 11.2 Å². The van der Waals surface area contributed by atoms with E-state index >= 15 is 0 Å². The number of aryl methyl sites for hydroxylation is 1. The third-order valence-corrected chi connectivity index (χ3v) is 7.64. The molecule has 0 radical (unpaired) electrons. The number of nitrogens with one attached hydrogen (secondary N) is 1. The maximum atomic E-state index is 13.6. The van der Waals surface area contributed by atoms with Gasteiger partial charge in [0.15, 0.2) is 5.17 Å². The molecule has 188 valence electrons. The van der Waals surface area contributed by atoms with Crippen LogP contribution >= 0.6 is 23.4 Å². The van der Waals surface area contributed by atoms with Crippen LogP contribution in [0, 0.1) is 18.6 Å². The molecule has 0 fully saturated rings. The normalized spacial score (nSPS) is 19.1. The van der Waals surface area contributed by atoms with E-state index in [2.05, 4.69) is 10.3 Å². The molecule has 2 heterocycles. The van der Waals surface area contributed by atoms with Gasteiger partial charge in [-0.1, -0.05) is 53.7 Å². The maximum absolute atomic E-state index is 13.6. The molecule has 2 unspecified atom stereocenters. The summed E-state index contributed by atoms with van der Waals surface area (Å²) in [7, 11) is 0. The number of nitrogens with zero attached hydrogens (tertiary/aromatic N) is 3. The lowest BCUT2D eigenvalue weighted by molar-refractivity contribution is -0.121. The summed E-state index contributed by atoms with van der Waals surface area (Å²) in [6, 6.07) is 16.9. The molecule has 0 aromatic heterocycles. The Kier molecular flexibility index (Phi) is 7.08. The van der Waals surface area contributed by atoms with E-state index in [4.69, 9.17) is 16.7 Å². The Morgan fingerprint density at radius 3 is 2.43 bits per heavy atom. The standard InChI is InChI=1S/C27H21ClF2N4O2S/c1-15-2-11-20(12-21(15)28)31-25(35)14-24-26(36)32-27(37-24)34-23(17-5-9-19(30)10-6-17)13-22(33-34)16-3-7-18(29)8-4-16/h2-12,23-24H,13-14H2,1H3,(H,31,35). The van der Waals surface area contributed by atoms with Crippen LogP contribution in [0.3, 0.4) is 0 Å². The largest absolute Gasteiger partial charge is 0.326 e. The fraction of sp³-hybridized carbons (Fsp3) is 0.185. The maximum Gasteiger partial charge on any atom is 0.262 e. The molecule has 5 rings (SSSR count). The second-order valence-corrected chi connectivity index (χ2v) is 10.3. The third kappa shape index (κ3) is 5.57. The lowest BCUT2D eigenvalue weighted by Gasteiger charge is -2.23. The van der Waals surface area contributed by atoms with E-state index in [1.54, 1.807) is 47.5 Å². The van der Waals surface area contributed by atoms with E-state index in [1.807, 2.05) is 6.92 Å². The number of amidine groups is 1. The first-order chi connectivity index (χ1) is 17.8. The number of rotatable bonds is 5.